The van der Waals surface area contributed by atoms with Gasteiger partial charge in [-0.15, -0.1) is 0 Å². The molecule has 1 aliphatic carbocycles. The van der Waals surface area contributed by atoms with Crippen molar-refractivity contribution in [2.75, 3.05) is 0 Å². The number of hydrogen-bond acceptors (Lipinski definition) is 3. The largest absolute Gasteiger partial charge is 0.360 e. The maximum atomic E-state index is 10.5. The van der Waals surface area contributed by atoms with Gasteiger partial charge in [0.15, 0.2) is 0 Å². The second-order valence-corrected chi connectivity index (χ2v) is 4.13. The number of aromatic nitrogens is 1. The summed E-state index contributed by atoms with van der Waals surface area (Å²) in [5.41, 5.74) is 2.51. The van der Waals surface area contributed by atoms with Crippen molar-refractivity contribution < 1.29 is 9.32 Å². The predicted molar refractivity (Wildman–Crippen MR) is 59.3 cm³/mol. The van der Waals surface area contributed by atoms with E-state index in [2.05, 4.69) is 5.16 Å². The molecule has 1 heterocycles. The Labute approximate surface area is 93.1 Å². The van der Waals surface area contributed by atoms with Crippen LogP contribution in [0, 0.1) is 0 Å². The maximum Gasteiger partial charge on any atom is 0.150 e. The molecule has 0 radical (unpaired) electrons. The molecule has 0 saturated heterocycles. The highest BCUT2D eigenvalue weighted by Gasteiger charge is 2.27. The molecule has 3 rings (SSSR count). The Morgan fingerprint density at radius 3 is 2.62 bits per heavy atom. The molecule has 3 nitrogen and oxygen atoms in total. The predicted octanol–water partition coefficient (Wildman–Crippen LogP) is 3.03. The summed E-state index contributed by atoms with van der Waals surface area (Å²) < 4.78 is 5.28. The maximum absolute atomic E-state index is 10.5. The van der Waals surface area contributed by atoms with Gasteiger partial charge in [-0.05, 0) is 12.8 Å². The van der Waals surface area contributed by atoms with Gasteiger partial charge in [-0.2, -0.15) is 0 Å². The standard InChI is InChI=1S/C13H11NO2/c15-8-9-1-3-10(4-2-9)12-7-13(16-14-12)11-5-6-11/h1-4,7-8,11H,5-6H2. The molecule has 2 aromatic rings. The Hall–Kier alpha value is -1.90. The molecule has 80 valence electrons. The average Bonchev–Trinajstić information content (AvgIpc) is 3.08. The van der Waals surface area contributed by atoms with E-state index in [-0.39, 0.29) is 0 Å². The minimum atomic E-state index is 0.579. The van der Waals surface area contributed by atoms with Gasteiger partial charge in [-0.3, -0.25) is 4.79 Å². The molecule has 0 spiro atoms. The summed E-state index contributed by atoms with van der Waals surface area (Å²) in [7, 11) is 0. The lowest BCUT2D eigenvalue weighted by Gasteiger charge is -1.94. The Balaban J connectivity index is 1.91. The third-order valence-electron chi connectivity index (χ3n) is 2.85. The van der Waals surface area contributed by atoms with E-state index in [1.54, 1.807) is 12.1 Å². The van der Waals surface area contributed by atoms with E-state index in [4.69, 9.17) is 4.52 Å². The van der Waals surface area contributed by atoms with Crippen LogP contribution in [0.1, 0.15) is 34.9 Å². The fourth-order valence-electron chi connectivity index (χ4n) is 1.72. The fraction of sp³-hybridized carbons (Fsp3) is 0.231. The van der Waals surface area contributed by atoms with Crippen LogP contribution in [0.3, 0.4) is 0 Å². The Morgan fingerprint density at radius 1 is 1.25 bits per heavy atom. The number of carbonyl (C=O) groups excluding carboxylic acids is 1. The van der Waals surface area contributed by atoms with E-state index in [0.717, 1.165) is 23.3 Å². The van der Waals surface area contributed by atoms with Crippen LogP contribution in [-0.4, -0.2) is 11.4 Å². The zero-order chi connectivity index (χ0) is 11.0. The fourth-order valence-corrected chi connectivity index (χ4v) is 1.72. The molecule has 3 heteroatoms. The summed E-state index contributed by atoms with van der Waals surface area (Å²) in [6, 6.07) is 9.34. The monoisotopic (exact) mass is 213 g/mol. The van der Waals surface area contributed by atoms with E-state index in [0.29, 0.717) is 11.5 Å². The van der Waals surface area contributed by atoms with Crippen LogP contribution in [0.5, 0.6) is 0 Å². The highest BCUT2D eigenvalue weighted by molar-refractivity contribution is 5.76. The van der Waals surface area contributed by atoms with Crippen molar-refractivity contribution in [3.8, 4) is 11.3 Å². The van der Waals surface area contributed by atoms with Gasteiger partial charge >= 0.3 is 0 Å². The molecule has 0 bridgehead atoms. The van der Waals surface area contributed by atoms with Crippen LogP contribution in [0.2, 0.25) is 0 Å². The average molecular weight is 213 g/mol. The molecule has 1 aliphatic rings. The molecule has 0 N–H and O–H groups in total. The summed E-state index contributed by atoms with van der Waals surface area (Å²) in [6.45, 7) is 0. The summed E-state index contributed by atoms with van der Waals surface area (Å²) in [6.07, 6.45) is 3.25. The van der Waals surface area contributed by atoms with Crippen molar-refractivity contribution in [2.45, 2.75) is 18.8 Å². The summed E-state index contributed by atoms with van der Waals surface area (Å²) in [5.74, 6) is 1.56. The van der Waals surface area contributed by atoms with Crippen molar-refractivity contribution in [1.82, 2.24) is 5.16 Å². The third-order valence-corrected chi connectivity index (χ3v) is 2.85. The van der Waals surface area contributed by atoms with Gasteiger partial charge in [0.2, 0.25) is 0 Å². The molecular formula is C13H11NO2. The van der Waals surface area contributed by atoms with Crippen molar-refractivity contribution in [3.63, 3.8) is 0 Å². The molecule has 1 fully saturated rings. The second kappa shape index (κ2) is 3.59. The molecular weight excluding hydrogens is 202 g/mol. The minimum Gasteiger partial charge on any atom is -0.360 e. The molecule has 1 aromatic carbocycles. The van der Waals surface area contributed by atoms with Gasteiger partial charge in [0.25, 0.3) is 0 Å². The number of rotatable bonds is 3. The van der Waals surface area contributed by atoms with E-state index >= 15 is 0 Å². The molecule has 16 heavy (non-hydrogen) atoms. The van der Waals surface area contributed by atoms with Gasteiger partial charge in [0, 0.05) is 23.1 Å². The second-order valence-electron chi connectivity index (χ2n) is 4.13. The number of aldehydes is 1. The smallest absolute Gasteiger partial charge is 0.150 e. The van der Waals surface area contributed by atoms with E-state index in [9.17, 15) is 4.79 Å². The van der Waals surface area contributed by atoms with Crippen molar-refractivity contribution in [1.29, 1.82) is 0 Å². The highest BCUT2D eigenvalue weighted by Crippen LogP contribution is 2.41. The van der Waals surface area contributed by atoms with Crippen LogP contribution >= 0.6 is 0 Å². The number of nitrogens with zero attached hydrogens (tertiary/aromatic N) is 1. The lowest BCUT2D eigenvalue weighted by molar-refractivity contribution is 0.112. The van der Waals surface area contributed by atoms with Gasteiger partial charge in [0.05, 0.1) is 0 Å². The lowest BCUT2D eigenvalue weighted by Crippen LogP contribution is -1.80. The highest BCUT2D eigenvalue weighted by atomic mass is 16.5. The summed E-state index contributed by atoms with van der Waals surface area (Å²) in [4.78, 5) is 10.5. The van der Waals surface area contributed by atoms with E-state index in [1.165, 1.54) is 12.8 Å². The van der Waals surface area contributed by atoms with E-state index < -0.39 is 0 Å². The first-order valence-electron chi connectivity index (χ1n) is 5.39. The lowest BCUT2D eigenvalue weighted by atomic mass is 10.1. The van der Waals surface area contributed by atoms with Crippen LogP contribution in [0.4, 0.5) is 0 Å². The molecule has 0 amide bonds. The Bertz CT molecular complexity index is 509. The first-order chi connectivity index (χ1) is 7.86. The topological polar surface area (TPSA) is 43.1 Å². The number of hydrogen-bond donors (Lipinski definition) is 0. The quantitative estimate of drug-likeness (QED) is 0.736. The molecule has 1 saturated carbocycles. The molecule has 0 aliphatic heterocycles. The summed E-state index contributed by atoms with van der Waals surface area (Å²) >= 11 is 0. The number of carbonyl (C=O) groups is 1. The summed E-state index contributed by atoms with van der Waals surface area (Å²) in [5, 5.41) is 4.04. The zero-order valence-electron chi connectivity index (χ0n) is 8.72. The van der Waals surface area contributed by atoms with Crippen LogP contribution in [0.25, 0.3) is 11.3 Å². The van der Waals surface area contributed by atoms with Crippen molar-refractivity contribution >= 4 is 6.29 Å². The third kappa shape index (κ3) is 1.65. The first kappa shape index (κ1) is 9.33. The van der Waals surface area contributed by atoms with Crippen molar-refractivity contribution in [2.24, 2.45) is 0 Å². The Morgan fingerprint density at radius 2 is 2.00 bits per heavy atom. The van der Waals surface area contributed by atoms with Gasteiger partial charge in [-0.25, -0.2) is 0 Å². The van der Waals surface area contributed by atoms with Gasteiger partial charge in [0.1, 0.15) is 17.7 Å². The van der Waals surface area contributed by atoms with Crippen LogP contribution < -0.4 is 0 Å². The van der Waals surface area contributed by atoms with Crippen molar-refractivity contribution in [3.05, 3.63) is 41.7 Å². The Kier molecular flexibility index (Phi) is 2.10. The zero-order valence-corrected chi connectivity index (χ0v) is 8.72. The minimum absolute atomic E-state index is 0.579. The first-order valence-corrected chi connectivity index (χ1v) is 5.39. The molecule has 0 atom stereocenters. The molecule has 0 unspecified atom stereocenters. The molecule has 1 aromatic heterocycles. The number of benzene rings is 1. The van der Waals surface area contributed by atoms with Gasteiger partial charge < -0.3 is 4.52 Å². The van der Waals surface area contributed by atoms with Crippen LogP contribution in [0.15, 0.2) is 34.9 Å². The van der Waals surface area contributed by atoms with Crippen LogP contribution in [-0.2, 0) is 0 Å². The SMILES string of the molecule is O=Cc1ccc(-c2cc(C3CC3)on2)cc1. The van der Waals surface area contributed by atoms with Gasteiger partial charge in [-0.1, -0.05) is 29.4 Å². The van der Waals surface area contributed by atoms with E-state index in [1.807, 2.05) is 18.2 Å². The normalized spacial score (nSPS) is 15.0.